The monoisotopic (exact) mass is 278 g/mol. The molecule has 0 aliphatic heterocycles. The molecule has 20 heavy (non-hydrogen) atoms. The van der Waals surface area contributed by atoms with Crippen molar-refractivity contribution in [3.63, 3.8) is 0 Å². The molecule has 0 heterocycles. The Morgan fingerprint density at radius 1 is 1.10 bits per heavy atom. The zero-order chi connectivity index (χ0) is 14.7. The minimum atomic E-state index is -0.279. The van der Waals surface area contributed by atoms with Crippen molar-refractivity contribution in [1.82, 2.24) is 0 Å². The summed E-state index contributed by atoms with van der Waals surface area (Å²) in [4.78, 5) is 24.0. The first-order valence-electron chi connectivity index (χ1n) is 6.46. The summed E-state index contributed by atoms with van der Waals surface area (Å²) in [6.45, 7) is 0. The van der Waals surface area contributed by atoms with Crippen molar-refractivity contribution in [1.29, 1.82) is 0 Å². The van der Waals surface area contributed by atoms with E-state index in [1.807, 2.05) is 0 Å². The maximum atomic E-state index is 12.6. The number of methoxy groups -OCH3 is 3. The second-order valence-corrected chi connectivity index (χ2v) is 4.75. The molecule has 0 amide bonds. The van der Waals surface area contributed by atoms with Crippen LogP contribution in [0.25, 0.3) is 0 Å². The summed E-state index contributed by atoms with van der Waals surface area (Å²) < 4.78 is 15.7. The third-order valence-corrected chi connectivity index (χ3v) is 3.58. The van der Waals surface area contributed by atoms with E-state index in [0.29, 0.717) is 42.1 Å². The van der Waals surface area contributed by atoms with Crippen LogP contribution in [-0.2, 0) is 4.79 Å². The maximum absolute atomic E-state index is 12.6. The molecule has 1 aliphatic carbocycles. The normalized spacial score (nSPS) is 17.9. The lowest BCUT2D eigenvalue weighted by Crippen LogP contribution is -2.14. The van der Waals surface area contributed by atoms with Crippen LogP contribution < -0.4 is 14.2 Å². The Hall–Kier alpha value is -2.04. The summed E-state index contributed by atoms with van der Waals surface area (Å²) >= 11 is 0. The van der Waals surface area contributed by atoms with Gasteiger partial charge in [0.1, 0.15) is 28.6 Å². The van der Waals surface area contributed by atoms with Gasteiger partial charge in [0.05, 0.1) is 21.3 Å². The van der Waals surface area contributed by atoms with Crippen molar-refractivity contribution in [3.8, 4) is 17.2 Å². The van der Waals surface area contributed by atoms with E-state index in [9.17, 15) is 9.59 Å². The Labute approximate surface area is 117 Å². The molecule has 5 heteroatoms. The highest BCUT2D eigenvalue weighted by Gasteiger charge is 2.32. The molecule has 1 saturated carbocycles. The van der Waals surface area contributed by atoms with Gasteiger partial charge in [-0.05, 0) is 6.42 Å². The zero-order valence-corrected chi connectivity index (χ0v) is 11.9. The molecule has 1 aliphatic rings. The molecule has 0 N–H and O–H groups in total. The molecule has 0 saturated heterocycles. The van der Waals surface area contributed by atoms with Crippen molar-refractivity contribution in [3.05, 3.63) is 17.7 Å². The quantitative estimate of drug-likeness (QED) is 0.773. The highest BCUT2D eigenvalue weighted by atomic mass is 16.5. The van der Waals surface area contributed by atoms with E-state index in [1.165, 1.54) is 21.3 Å². The molecule has 1 atom stereocenters. The van der Waals surface area contributed by atoms with Gasteiger partial charge in [-0.25, -0.2) is 0 Å². The number of rotatable bonds is 5. The predicted octanol–water partition coefficient (Wildman–Crippen LogP) is 2.26. The Morgan fingerprint density at radius 3 is 2.10 bits per heavy atom. The van der Waals surface area contributed by atoms with Gasteiger partial charge in [-0.2, -0.15) is 0 Å². The lowest BCUT2D eigenvalue weighted by molar-refractivity contribution is -0.117. The molecule has 1 aromatic rings. The van der Waals surface area contributed by atoms with Gasteiger partial charge in [0.15, 0.2) is 5.78 Å². The van der Waals surface area contributed by atoms with Gasteiger partial charge in [0.2, 0.25) is 0 Å². The fourth-order valence-corrected chi connectivity index (χ4v) is 2.49. The van der Waals surface area contributed by atoms with Crippen LogP contribution >= 0.6 is 0 Å². The molecule has 5 nitrogen and oxygen atoms in total. The van der Waals surface area contributed by atoms with Crippen LogP contribution in [0.3, 0.4) is 0 Å². The Bertz CT molecular complexity index is 510. The number of ketones is 2. The molecule has 2 rings (SSSR count). The molecule has 108 valence electrons. The van der Waals surface area contributed by atoms with E-state index in [4.69, 9.17) is 14.2 Å². The van der Waals surface area contributed by atoms with Crippen molar-refractivity contribution >= 4 is 11.6 Å². The highest BCUT2D eigenvalue weighted by Crippen LogP contribution is 2.38. The molecule has 1 aromatic carbocycles. The molecule has 0 radical (unpaired) electrons. The van der Waals surface area contributed by atoms with Crippen molar-refractivity contribution in [2.75, 3.05) is 21.3 Å². The largest absolute Gasteiger partial charge is 0.496 e. The summed E-state index contributed by atoms with van der Waals surface area (Å²) in [5.41, 5.74) is 0.385. The van der Waals surface area contributed by atoms with Crippen molar-refractivity contribution in [2.24, 2.45) is 5.92 Å². The third kappa shape index (κ3) is 2.61. The molecular formula is C15H18O5. The molecule has 1 fully saturated rings. The van der Waals surface area contributed by atoms with Gasteiger partial charge < -0.3 is 14.2 Å². The van der Waals surface area contributed by atoms with Gasteiger partial charge in [-0.3, -0.25) is 9.59 Å². The Balaban J connectivity index is 2.43. The van der Waals surface area contributed by atoms with E-state index >= 15 is 0 Å². The fourth-order valence-electron chi connectivity index (χ4n) is 2.49. The molecule has 0 spiro atoms. The minimum Gasteiger partial charge on any atom is -0.496 e. The van der Waals surface area contributed by atoms with Crippen LogP contribution in [0.15, 0.2) is 12.1 Å². The number of carbonyl (C=O) groups excluding carboxylic acids is 2. The highest BCUT2D eigenvalue weighted by molar-refractivity contribution is 6.05. The molecule has 0 aromatic heterocycles. The topological polar surface area (TPSA) is 61.8 Å². The van der Waals surface area contributed by atoms with E-state index in [1.54, 1.807) is 12.1 Å². The number of carbonyl (C=O) groups is 2. The van der Waals surface area contributed by atoms with Gasteiger partial charge >= 0.3 is 0 Å². The number of ether oxygens (including phenoxy) is 3. The van der Waals surface area contributed by atoms with Crippen molar-refractivity contribution in [2.45, 2.75) is 19.3 Å². The van der Waals surface area contributed by atoms with Crippen LogP contribution in [0.1, 0.15) is 29.6 Å². The first-order valence-corrected chi connectivity index (χ1v) is 6.46. The summed E-state index contributed by atoms with van der Waals surface area (Å²) in [5.74, 6) is 1.12. The summed E-state index contributed by atoms with van der Waals surface area (Å²) in [6.07, 6.45) is 1.37. The van der Waals surface area contributed by atoms with Gasteiger partial charge in [-0.1, -0.05) is 0 Å². The van der Waals surface area contributed by atoms with E-state index < -0.39 is 0 Å². The molecule has 0 bridgehead atoms. The van der Waals surface area contributed by atoms with E-state index in [0.717, 1.165) is 0 Å². The second kappa shape index (κ2) is 5.94. The first-order chi connectivity index (χ1) is 9.60. The summed E-state index contributed by atoms with van der Waals surface area (Å²) in [7, 11) is 4.51. The van der Waals surface area contributed by atoms with Crippen LogP contribution in [-0.4, -0.2) is 32.9 Å². The van der Waals surface area contributed by atoms with Crippen molar-refractivity contribution < 1.29 is 23.8 Å². The average molecular weight is 278 g/mol. The van der Waals surface area contributed by atoms with E-state index in [-0.39, 0.29) is 17.5 Å². The maximum Gasteiger partial charge on any atom is 0.173 e. The first kappa shape index (κ1) is 14.4. The second-order valence-electron chi connectivity index (χ2n) is 4.75. The third-order valence-electron chi connectivity index (χ3n) is 3.58. The standard InChI is InChI=1S/C15H18O5/c1-18-11-7-12(19-2)14(13(8-11)20-3)15(17)9-4-5-10(16)6-9/h7-9H,4-6H2,1-3H3. The Kier molecular flexibility index (Phi) is 4.27. The van der Waals surface area contributed by atoms with Crippen LogP contribution in [0, 0.1) is 5.92 Å². The SMILES string of the molecule is COc1cc(OC)c(C(=O)C2CCC(=O)C2)c(OC)c1. The van der Waals surface area contributed by atoms with Crippen LogP contribution in [0.5, 0.6) is 17.2 Å². The predicted molar refractivity (Wildman–Crippen MR) is 72.8 cm³/mol. The number of Topliss-reactive ketones (excluding diaryl/α,β-unsaturated/α-hetero) is 2. The van der Waals surface area contributed by atoms with Crippen LogP contribution in [0.2, 0.25) is 0 Å². The fraction of sp³-hybridized carbons (Fsp3) is 0.467. The van der Waals surface area contributed by atoms with Crippen LogP contribution in [0.4, 0.5) is 0 Å². The van der Waals surface area contributed by atoms with Gasteiger partial charge in [0.25, 0.3) is 0 Å². The summed E-state index contributed by atoms with van der Waals surface area (Å²) in [5, 5.41) is 0. The molecular weight excluding hydrogens is 260 g/mol. The number of benzene rings is 1. The number of hydrogen-bond acceptors (Lipinski definition) is 5. The molecule has 1 unspecified atom stereocenters. The number of hydrogen-bond donors (Lipinski definition) is 0. The van der Waals surface area contributed by atoms with Gasteiger partial charge in [-0.15, -0.1) is 0 Å². The van der Waals surface area contributed by atoms with E-state index in [2.05, 4.69) is 0 Å². The lowest BCUT2D eigenvalue weighted by atomic mass is 9.94. The van der Waals surface area contributed by atoms with Gasteiger partial charge in [0, 0.05) is 30.9 Å². The minimum absolute atomic E-state index is 0.104. The Morgan fingerprint density at radius 2 is 1.70 bits per heavy atom. The smallest absolute Gasteiger partial charge is 0.173 e. The zero-order valence-electron chi connectivity index (χ0n) is 11.9. The average Bonchev–Trinajstić information content (AvgIpc) is 2.91. The summed E-state index contributed by atoms with van der Waals surface area (Å²) in [6, 6.07) is 3.29. The lowest BCUT2D eigenvalue weighted by Gasteiger charge is -2.16.